The number of sulfone groups is 2. The van der Waals surface area contributed by atoms with E-state index in [0.717, 1.165) is 11.1 Å². The predicted molar refractivity (Wildman–Crippen MR) is 171 cm³/mol. The molecule has 0 aliphatic carbocycles. The quantitative estimate of drug-likeness (QED) is 0.174. The minimum atomic E-state index is -3.90. The number of furan rings is 1. The van der Waals surface area contributed by atoms with Gasteiger partial charge in [0.25, 0.3) is 0 Å². The molecule has 0 saturated carbocycles. The van der Waals surface area contributed by atoms with Gasteiger partial charge in [0.1, 0.15) is 22.5 Å². The monoisotopic (exact) mass is 622 g/mol. The lowest BCUT2D eigenvalue weighted by atomic mass is 10.2. The van der Waals surface area contributed by atoms with Gasteiger partial charge in [0.05, 0.1) is 14.7 Å². The Bertz CT molecular complexity index is 2070. The van der Waals surface area contributed by atoms with E-state index < -0.39 is 25.8 Å². The largest absolute Gasteiger partial charge is 0.484 e. The minimum absolute atomic E-state index is 0.0466. The number of aryl methyl sites for hydroxylation is 2. The van der Waals surface area contributed by atoms with E-state index in [2.05, 4.69) is 0 Å². The zero-order valence-electron chi connectivity index (χ0n) is 24.2. The molecule has 44 heavy (non-hydrogen) atoms. The molecule has 6 nitrogen and oxygen atoms in total. The topological polar surface area (TPSA) is 90.7 Å². The molecule has 0 fully saturated rings. The fourth-order valence-electron chi connectivity index (χ4n) is 5.06. The Kier molecular flexibility index (Phi) is 7.88. The third-order valence-electron chi connectivity index (χ3n) is 7.45. The summed E-state index contributed by atoms with van der Waals surface area (Å²) in [5, 5.41) is 0. The van der Waals surface area contributed by atoms with E-state index in [9.17, 15) is 16.8 Å². The Morgan fingerprint density at radius 1 is 0.659 bits per heavy atom. The molecule has 8 heteroatoms. The van der Waals surface area contributed by atoms with Crippen molar-refractivity contribution in [2.45, 2.75) is 41.1 Å². The molecule has 0 bridgehead atoms. The van der Waals surface area contributed by atoms with E-state index in [1.807, 2.05) is 62.4 Å². The Labute approximate surface area is 257 Å². The maximum absolute atomic E-state index is 13.8. The first-order chi connectivity index (χ1) is 21.1. The molecular weight excluding hydrogens is 593 g/mol. The zero-order valence-corrected chi connectivity index (χ0v) is 25.8. The lowest BCUT2D eigenvalue weighted by molar-refractivity contribution is 0.238. The van der Waals surface area contributed by atoms with Gasteiger partial charge in [0.15, 0.2) is 5.76 Å². The maximum atomic E-state index is 13.8. The summed E-state index contributed by atoms with van der Waals surface area (Å²) in [6.45, 7) is 3.80. The number of hydrogen-bond donors (Lipinski definition) is 0. The number of hydrogen-bond acceptors (Lipinski definition) is 6. The van der Waals surface area contributed by atoms with Crippen molar-refractivity contribution in [3.63, 3.8) is 0 Å². The Morgan fingerprint density at radius 2 is 1.18 bits per heavy atom. The predicted octanol–water partition coefficient (Wildman–Crippen LogP) is 8.04. The van der Waals surface area contributed by atoms with Gasteiger partial charge in [-0.2, -0.15) is 0 Å². The van der Waals surface area contributed by atoms with Crippen LogP contribution < -0.4 is 0 Å². The van der Waals surface area contributed by atoms with E-state index in [-0.39, 0.29) is 31.8 Å². The molecule has 222 valence electrons. The highest BCUT2D eigenvalue weighted by atomic mass is 32.2. The lowest BCUT2D eigenvalue weighted by Gasteiger charge is -2.09. The molecule has 1 atom stereocenters. The average molecular weight is 623 g/mol. The van der Waals surface area contributed by atoms with Crippen molar-refractivity contribution < 1.29 is 26.0 Å². The molecule has 0 spiro atoms. The Morgan fingerprint density at radius 3 is 1.75 bits per heavy atom. The van der Waals surface area contributed by atoms with Crippen molar-refractivity contribution >= 4 is 31.5 Å². The van der Waals surface area contributed by atoms with Crippen LogP contribution in [0.15, 0.2) is 145 Å². The standard InChI is InChI=1S/C36H30O6S2/c1-25-13-19-31(20-14-25)43(37,38)33-23-29(41-35(33)27-9-5-3-6-10-27)17-18-30-24-34(36(42-30)28-11-7-4-8-12-28)44(39,40)32-21-15-26(2)16-22-32/h3-23,30H,24H2,1-2H3. The molecular formula is C36H30O6S2. The van der Waals surface area contributed by atoms with Gasteiger partial charge >= 0.3 is 0 Å². The van der Waals surface area contributed by atoms with Crippen LogP contribution >= 0.6 is 0 Å². The molecule has 5 aromatic rings. The third kappa shape index (κ3) is 5.78. The van der Waals surface area contributed by atoms with Gasteiger partial charge in [-0.15, -0.1) is 0 Å². The summed E-state index contributed by atoms with van der Waals surface area (Å²) < 4.78 is 67.4. The van der Waals surface area contributed by atoms with Gasteiger partial charge < -0.3 is 9.15 Å². The summed E-state index contributed by atoms with van der Waals surface area (Å²) in [6.07, 6.45) is 2.83. The number of ether oxygens (including phenoxy) is 1. The summed E-state index contributed by atoms with van der Waals surface area (Å²) in [4.78, 5) is 0.599. The summed E-state index contributed by atoms with van der Waals surface area (Å²) in [5.41, 5.74) is 3.19. The van der Waals surface area contributed by atoms with Crippen LogP contribution in [-0.2, 0) is 24.4 Å². The second-order valence-electron chi connectivity index (χ2n) is 10.7. The van der Waals surface area contributed by atoms with Crippen LogP contribution in [0.1, 0.15) is 28.9 Å². The van der Waals surface area contributed by atoms with Gasteiger partial charge in [-0.3, -0.25) is 0 Å². The van der Waals surface area contributed by atoms with Crippen molar-refractivity contribution in [1.29, 1.82) is 0 Å². The summed E-state index contributed by atoms with van der Waals surface area (Å²) in [7, 11) is -7.75. The molecule has 1 aliphatic rings. The van der Waals surface area contributed by atoms with Crippen LogP contribution in [0, 0.1) is 13.8 Å². The molecule has 0 amide bonds. The third-order valence-corrected chi connectivity index (χ3v) is 11.1. The smallest absolute Gasteiger partial charge is 0.210 e. The van der Waals surface area contributed by atoms with E-state index >= 15 is 0 Å². The van der Waals surface area contributed by atoms with Crippen molar-refractivity contribution in [3.05, 3.63) is 149 Å². The summed E-state index contributed by atoms with van der Waals surface area (Å²) >= 11 is 0. The van der Waals surface area contributed by atoms with Crippen molar-refractivity contribution in [2.24, 2.45) is 0 Å². The molecule has 1 unspecified atom stereocenters. The highest BCUT2D eigenvalue weighted by Gasteiger charge is 2.35. The normalized spacial score (nSPS) is 15.5. The van der Waals surface area contributed by atoms with Gasteiger partial charge in [0, 0.05) is 23.6 Å². The SMILES string of the molecule is Cc1ccc(S(=O)(=O)C2=C(c3ccccc3)OC(C=Cc3cc(S(=O)(=O)c4ccc(C)cc4)c(-c4ccccc4)o3)C2)cc1. The van der Waals surface area contributed by atoms with Crippen LogP contribution in [0.5, 0.6) is 0 Å². The highest BCUT2D eigenvalue weighted by molar-refractivity contribution is 7.95. The van der Waals surface area contributed by atoms with Gasteiger partial charge in [-0.05, 0) is 50.3 Å². The molecule has 1 aliphatic heterocycles. The molecule has 0 N–H and O–H groups in total. The second kappa shape index (κ2) is 11.8. The second-order valence-corrected chi connectivity index (χ2v) is 14.6. The number of rotatable bonds is 8. The van der Waals surface area contributed by atoms with Crippen molar-refractivity contribution in [1.82, 2.24) is 0 Å². The molecule has 0 radical (unpaired) electrons. The van der Waals surface area contributed by atoms with E-state index in [0.29, 0.717) is 22.6 Å². The first-order valence-corrected chi connectivity index (χ1v) is 17.1. The van der Waals surface area contributed by atoms with Crippen molar-refractivity contribution in [2.75, 3.05) is 0 Å². The molecule has 6 rings (SSSR count). The highest BCUT2D eigenvalue weighted by Crippen LogP contribution is 2.40. The summed E-state index contributed by atoms with van der Waals surface area (Å²) in [6, 6.07) is 33.1. The lowest BCUT2D eigenvalue weighted by Crippen LogP contribution is -2.07. The van der Waals surface area contributed by atoms with Crippen LogP contribution in [0.2, 0.25) is 0 Å². The van der Waals surface area contributed by atoms with E-state index in [1.54, 1.807) is 72.8 Å². The Hall–Kier alpha value is -4.66. The van der Waals surface area contributed by atoms with E-state index in [1.165, 1.54) is 6.07 Å². The van der Waals surface area contributed by atoms with Crippen LogP contribution in [0.4, 0.5) is 0 Å². The molecule has 1 aromatic heterocycles. The summed E-state index contributed by atoms with van der Waals surface area (Å²) in [5.74, 6) is 0.825. The van der Waals surface area contributed by atoms with Crippen LogP contribution in [0.25, 0.3) is 23.2 Å². The van der Waals surface area contributed by atoms with Gasteiger partial charge in [-0.25, -0.2) is 16.8 Å². The fourth-order valence-corrected chi connectivity index (χ4v) is 8.06. The van der Waals surface area contributed by atoms with E-state index in [4.69, 9.17) is 9.15 Å². The molecule has 2 heterocycles. The maximum Gasteiger partial charge on any atom is 0.210 e. The first-order valence-electron chi connectivity index (χ1n) is 14.1. The fraction of sp³-hybridized carbons (Fsp3) is 0.111. The van der Waals surface area contributed by atoms with Gasteiger partial charge in [-0.1, -0.05) is 96.1 Å². The first kappa shape index (κ1) is 29.4. The Balaban J connectivity index is 1.36. The molecule has 0 saturated heterocycles. The van der Waals surface area contributed by atoms with Crippen molar-refractivity contribution in [3.8, 4) is 11.3 Å². The zero-order chi connectivity index (χ0) is 30.9. The average Bonchev–Trinajstić information content (AvgIpc) is 3.67. The van der Waals surface area contributed by atoms with Crippen LogP contribution in [-0.4, -0.2) is 22.9 Å². The van der Waals surface area contributed by atoms with Crippen LogP contribution in [0.3, 0.4) is 0 Å². The molecule has 4 aromatic carbocycles. The minimum Gasteiger partial charge on any atom is -0.484 e. The number of benzene rings is 4. The van der Waals surface area contributed by atoms with Gasteiger partial charge in [0.2, 0.25) is 19.7 Å².